The molecule has 1 amide bonds. The van der Waals surface area contributed by atoms with Crippen LogP contribution in [0.25, 0.3) is 0 Å². The fourth-order valence-electron chi connectivity index (χ4n) is 5.09. The van der Waals surface area contributed by atoms with Crippen LogP contribution in [0.3, 0.4) is 0 Å². The summed E-state index contributed by atoms with van der Waals surface area (Å²) in [5.41, 5.74) is 0.0180. The van der Waals surface area contributed by atoms with Crippen LogP contribution in [0.4, 0.5) is 4.79 Å². The molecule has 1 saturated heterocycles. The summed E-state index contributed by atoms with van der Waals surface area (Å²) in [5, 5.41) is 11.1. The van der Waals surface area contributed by atoms with E-state index in [1.54, 1.807) is 0 Å². The topological polar surface area (TPSA) is 49.8 Å². The van der Waals surface area contributed by atoms with Gasteiger partial charge in [-0.3, -0.25) is 4.90 Å². The molecule has 1 saturated carbocycles. The summed E-state index contributed by atoms with van der Waals surface area (Å²) in [6.07, 6.45) is 3.61. The molecule has 0 radical (unpaired) electrons. The lowest BCUT2D eigenvalue weighted by Gasteiger charge is -2.44. The van der Waals surface area contributed by atoms with Gasteiger partial charge in [-0.2, -0.15) is 0 Å². The number of rotatable bonds is 7. The van der Waals surface area contributed by atoms with E-state index < -0.39 is 11.2 Å². The Morgan fingerprint density at radius 2 is 1.57 bits per heavy atom. The zero-order valence-corrected chi connectivity index (χ0v) is 18.9. The Kier molecular flexibility index (Phi) is 5.62. The minimum Gasteiger partial charge on any atom is -0.431 e. The van der Waals surface area contributed by atoms with E-state index in [0.717, 1.165) is 24.0 Å². The van der Waals surface area contributed by atoms with Gasteiger partial charge in [-0.1, -0.05) is 74.5 Å². The minimum atomic E-state index is -0.963. The molecule has 1 aliphatic carbocycles. The van der Waals surface area contributed by atoms with Crippen molar-refractivity contribution in [3.05, 3.63) is 71.8 Å². The largest absolute Gasteiger partial charge is 0.431 e. The third-order valence-electron chi connectivity index (χ3n) is 6.59. The van der Waals surface area contributed by atoms with Gasteiger partial charge in [0, 0.05) is 11.1 Å². The Labute approximate surface area is 183 Å². The molecule has 2 fully saturated rings. The first-order valence-electron chi connectivity index (χ1n) is 10.7. The first-order valence-corrected chi connectivity index (χ1v) is 12.0. The molecule has 30 heavy (non-hydrogen) atoms. The molecule has 2 aliphatic rings. The van der Waals surface area contributed by atoms with Crippen molar-refractivity contribution in [1.29, 1.82) is 0 Å². The van der Waals surface area contributed by atoms with Crippen molar-refractivity contribution < 1.29 is 14.6 Å². The number of aliphatic hydroxyl groups is 1. The molecule has 2 aromatic carbocycles. The van der Waals surface area contributed by atoms with Crippen LogP contribution in [0.5, 0.6) is 0 Å². The molecule has 3 atom stereocenters. The third kappa shape index (κ3) is 3.32. The number of benzene rings is 2. The number of carbonyl (C=O) groups is 1. The van der Waals surface area contributed by atoms with Gasteiger partial charge in [-0.05, 0) is 37.9 Å². The summed E-state index contributed by atoms with van der Waals surface area (Å²) in [7, 11) is 0. The summed E-state index contributed by atoms with van der Waals surface area (Å²) in [4.78, 5) is 15.3. The molecule has 1 N–H and O–H groups in total. The number of nitrogens with zero attached hydrogens (tertiary/aromatic N) is 1. The highest BCUT2D eigenvalue weighted by Gasteiger charge is 2.62. The number of carbonyl (C=O) groups excluding carboxylic acids is 1. The molecular weight excluding hydrogens is 394 g/mol. The van der Waals surface area contributed by atoms with Crippen molar-refractivity contribution in [2.24, 2.45) is 11.8 Å². The SMILES string of the molecule is CS[C@H](N1C(=O)OC(c2ccccc2)(c2ccccc2)[C@@H]1C(C)C)[C@](C)(O)C1CC1. The van der Waals surface area contributed by atoms with Gasteiger partial charge < -0.3 is 9.84 Å². The molecule has 160 valence electrons. The quantitative estimate of drug-likeness (QED) is 0.658. The Bertz CT molecular complexity index is 840. The second kappa shape index (κ2) is 7.93. The van der Waals surface area contributed by atoms with Crippen LogP contribution in [0.1, 0.15) is 44.7 Å². The lowest BCUT2D eigenvalue weighted by Crippen LogP contribution is -2.57. The van der Waals surface area contributed by atoms with Crippen LogP contribution in [-0.4, -0.2) is 39.4 Å². The summed E-state index contributed by atoms with van der Waals surface area (Å²) in [6.45, 7) is 6.13. The van der Waals surface area contributed by atoms with Crippen LogP contribution >= 0.6 is 11.8 Å². The highest BCUT2D eigenvalue weighted by molar-refractivity contribution is 7.99. The van der Waals surface area contributed by atoms with Gasteiger partial charge in [-0.15, -0.1) is 11.8 Å². The van der Waals surface area contributed by atoms with Gasteiger partial charge >= 0.3 is 6.09 Å². The van der Waals surface area contributed by atoms with Crippen LogP contribution in [0, 0.1) is 11.8 Å². The number of hydrogen-bond acceptors (Lipinski definition) is 4. The standard InChI is InChI=1S/C25H31NO3S/c1-17(2)21-25(19-11-7-5-8-12-19,20-13-9-6-10-14-20)29-23(27)26(21)22(30-4)24(3,28)18-15-16-18/h5-14,17-18,21-22,28H,15-16H2,1-4H3/t21-,22-,24+/m0/s1. The van der Waals surface area contributed by atoms with Crippen molar-refractivity contribution in [3.8, 4) is 0 Å². The predicted octanol–water partition coefficient (Wildman–Crippen LogP) is 5.26. The molecule has 4 nitrogen and oxygen atoms in total. The molecular formula is C25H31NO3S. The fourth-order valence-corrected chi connectivity index (χ4v) is 6.21. The van der Waals surface area contributed by atoms with Crippen molar-refractivity contribution in [3.63, 3.8) is 0 Å². The number of cyclic esters (lactones) is 1. The molecule has 1 heterocycles. The van der Waals surface area contributed by atoms with Crippen molar-refractivity contribution >= 4 is 17.9 Å². The van der Waals surface area contributed by atoms with E-state index >= 15 is 0 Å². The molecule has 5 heteroatoms. The van der Waals surface area contributed by atoms with E-state index in [-0.39, 0.29) is 29.3 Å². The van der Waals surface area contributed by atoms with E-state index in [1.807, 2.05) is 78.7 Å². The molecule has 1 aliphatic heterocycles. The van der Waals surface area contributed by atoms with Gasteiger partial charge in [0.05, 0.1) is 11.6 Å². The van der Waals surface area contributed by atoms with E-state index in [1.165, 1.54) is 11.8 Å². The van der Waals surface area contributed by atoms with E-state index in [9.17, 15) is 9.90 Å². The molecule has 0 spiro atoms. The molecule has 0 bridgehead atoms. The zero-order chi connectivity index (χ0) is 21.5. The summed E-state index contributed by atoms with van der Waals surface area (Å²) >= 11 is 1.53. The van der Waals surface area contributed by atoms with E-state index in [4.69, 9.17) is 4.74 Å². The molecule has 2 aromatic rings. The van der Waals surface area contributed by atoms with Crippen LogP contribution in [-0.2, 0) is 10.3 Å². The smallest absolute Gasteiger partial charge is 0.412 e. The molecule has 0 aromatic heterocycles. The number of ether oxygens (including phenoxy) is 1. The number of amides is 1. The first-order chi connectivity index (χ1) is 14.3. The van der Waals surface area contributed by atoms with E-state index in [2.05, 4.69) is 13.8 Å². The molecule has 0 unspecified atom stereocenters. The van der Waals surface area contributed by atoms with Gasteiger partial charge in [0.15, 0.2) is 5.60 Å². The van der Waals surface area contributed by atoms with Gasteiger partial charge in [0.1, 0.15) is 5.37 Å². The normalized spacial score (nSPS) is 23.9. The second-order valence-electron chi connectivity index (χ2n) is 9.02. The van der Waals surface area contributed by atoms with Gasteiger partial charge in [0.25, 0.3) is 0 Å². The maximum atomic E-state index is 13.5. The van der Waals surface area contributed by atoms with Gasteiger partial charge in [-0.25, -0.2) is 4.79 Å². The summed E-state index contributed by atoms with van der Waals surface area (Å²) < 4.78 is 6.35. The Balaban J connectivity index is 1.90. The Morgan fingerprint density at radius 1 is 1.07 bits per heavy atom. The fraction of sp³-hybridized carbons (Fsp3) is 0.480. The summed E-state index contributed by atoms with van der Waals surface area (Å²) in [6, 6.07) is 19.8. The average Bonchev–Trinajstić information content (AvgIpc) is 3.55. The maximum absolute atomic E-state index is 13.5. The molecule has 4 rings (SSSR count). The third-order valence-corrected chi connectivity index (χ3v) is 7.74. The van der Waals surface area contributed by atoms with Crippen molar-refractivity contribution in [2.75, 3.05) is 6.26 Å². The first kappa shape index (κ1) is 21.3. The van der Waals surface area contributed by atoms with Crippen LogP contribution in [0.15, 0.2) is 60.7 Å². The van der Waals surface area contributed by atoms with Crippen LogP contribution in [0.2, 0.25) is 0 Å². The highest BCUT2D eigenvalue weighted by Crippen LogP contribution is 2.52. The maximum Gasteiger partial charge on any atom is 0.412 e. The monoisotopic (exact) mass is 425 g/mol. The average molecular weight is 426 g/mol. The van der Waals surface area contributed by atoms with Crippen molar-refractivity contribution in [1.82, 2.24) is 4.90 Å². The second-order valence-corrected chi connectivity index (χ2v) is 9.94. The zero-order valence-electron chi connectivity index (χ0n) is 18.1. The Morgan fingerprint density at radius 3 is 1.97 bits per heavy atom. The van der Waals surface area contributed by atoms with Gasteiger partial charge in [0.2, 0.25) is 0 Å². The van der Waals surface area contributed by atoms with Crippen LogP contribution < -0.4 is 0 Å². The van der Waals surface area contributed by atoms with Crippen molar-refractivity contribution in [2.45, 2.75) is 56.2 Å². The highest BCUT2D eigenvalue weighted by atomic mass is 32.2. The summed E-state index contributed by atoms with van der Waals surface area (Å²) in [5.74, 6) is 0.334. The Hall–Kier alpha value is -1.98. The van der Waals surface area contributed by atoms with E-state index in [0.29, 0.717) is 0 Å². The lowest BCUT2D eigenvalue weighted by molar-refractivity contribution is -0.0171. The lowest BCUT2D eigenvalue weighted by atomic mass is 9.75. The minimum absolute atomic E-state index is 0.113. The predicted molar refractivity (Wildman–Crippen MR) is 121 cm³/mol. The number of thioether (sulfide) groups is 1. The number of hydrogen-bond donors (Lipinski definition) is 1.